The minimum atomic E-state index is 0.386. The van der Waals surface area contributed by atoms with Crippen LogP contribution < -0.4 is 0 Å². The van der Waals surface area contributed by atoms with Crippen molar-refractivity contribution in [3.05, 3.63) is 34.5 Å². The van der Waals surface area contributed by atoms with Gasteiger partial charge in [-0.3, -0.25) is 4.79 Å². The van der Waals surface area contributed by atoms with Crippen molar-refractivity contribution < 1.29 is 9.53 Å². The first-order chi connectivity index (χ1) is 5.60. The zero-order valence-corrected chi connectivity index (χ0v) is 8.72. The molecule has 0 aromatic heterocycles. The van der Waals surface area contributed by atoms with E-state index in [2.05, 4.69) is 22.5 Å². The van der Waals surface area contributed by atoms with E-state index in [4.69, 9.17) is 4.74 Å². The van der Waals surface area contributed by atoms with Crippen LogP contribution in [0.15, 0.2) is 34.5 Å². The van der Waals surface area contributed by atoms with Gasteiger partial charge >= 0.3 is 0 Å². The van der Waals surface area contributed by atoms with Crippen molar-refractivity contribution in [3.63, 3.8) is 0 Å². The Bertz CT molecular complexity index is 235. The summed E-state index contributed by atoms with van der Waals surface area (Å²) >= 11 is 3.25. The lowest BCUT2D eigenvalue weighted by Gasteiger charge is -1.99. The van der Waals surface area contributed by atoms with E-state index in [1.54, 1.807) is 12.2 Å². The maximum atomic E-state index is 10.2. The van der Waals surface area contributed by atoms with Gasteiger partial charge in [0.05, 0.1) is 7.11 Å². The molecule has 0 aliphatic carbocycles. The maximum absolute atomic E-state index is 10.2. The highest BCUT2D eigenvalue weighted by Crippen LogP contribution is 2.09. The number of halogens is 1. The van der Waals surface area contributed by atoms with Gasteiger partial charge in [0.2, 0.25) is 0 Å². The fourth-order valence-electron chi connectivity index (χ4n) is 0.572. The number of carbonyl (C=O) groups excluding carboxylic acids is 1. The molecule has 0 aromatic rings. The van der Waals surface area contributed by atoms with Crippen LogP contribution in [0, 0.1) is 0 Å². The van der Waals surface area contributed by atoms with Gasteiger partial charge in [0, 0.05) is 5.57 Å². The topological polar surface area (TPSA) is 26.3 Å². The largest absolute Gasteiger partial charge is 0.497 e. The van der Waals surface area contributed by atoms with Crippen LogP contribution in [0.4, 0.5) is 0 Å². The number of carbonyl (C=O) groups is 1. The predicted octanol–water partition coefficient (Wildman–Crippen LogP) is 2.57. The van der Waals surface area contributed by atoms with E-state index in [-0.39, 0.29) is 0 Å². The van der Waals surface area contributed by atoms with Crippen molar-refractivity contribution in [2.24, 2.45) is 0 Å². The highest BCUT2D eigenvalue weighted by atomic mass is 79.9. The fourth-order valence-corrected chi connectivity index (χ4v) is 0.798. The number of aldehydes is 1. The van der Waals surface area contributed by atoms with Gasteiger partial charge in [-0.1, -0.05) is 22.5 Å². The molecule has 0 heterocycles. The second-order valence-electron chi connectivity index (χ2n) is 2.17. The molecule has 12 heavy (non-hydrogen) atoms. The van der Waals surface area contributed by atoms with E-state index < -0.39 is 0 Å². The average Bonchev–Trinajstić information content (AvgIpc) is 2.02. The summed E-state index contributed by atoms with van der Waals surface area (Å²) in [6, 6.07) is 0. The zero-order chi connectivity index (χ0) is 9.56. The Kier molecular flexibility index (Phi) is 5.37. The standard InChI is InChI=1S/C9H11BrO2/c1-7(6-11)4-9(12-3)5-8(2)10/h4-6H,1H2,2-3H3/b8-5+,9-4+. The van der Waals surface area contributed by atoms with Gasteiger partial charge < -0.3 is 4.74 Å². The molecule has 0 rings (SSSR count). The quantitative estimate of drug-likeness (QED) is 0.321. The molecule has 0 N–H and O–H groups in total. The molecule has 0 bridgehead atoms. The van der Waals surface area contributed by atoms with Gasteiger partial charge in [-0.15, -0.1) is 0 Å². The summed E-state index contributed by atoms with van der Waals surface area (Å²) < 4.78 is 5.89. The van der Waals surface area contributed by atoms with Crippen LogP contribution in [0.25, 0.3) is 0 Å². The Hall–Kier alpha value is -0.830. The number of rotatable bonds is 4. The summed E-state index contributed by atoms with van der Waals surface area (Å²) in [7, 11) is 1.54. The van der Waals surface area contributed by atoms with Gasteiger partial charge in [0.25, 0.3) is 0 Å². The van der Waals surface area contributed by atoms with Gasteiger partial charge in [0.15, 0.2) is 0 Å². The number of allylic oxidation sites excluding steroid dienone is 4. The van der Waals surface area contributed by atoms with Crippen LogP contribution in [0.1, 0.15) is 6.92 Å². The van der Waals surface area contributed by atoms with E-state index >= 15 is 0 Å². The monoisotopic (exact) mass is 230 g/mol. The Labute approximate surface area is 80.7 Å². The van der Waals surface area contributed by atoms with E-state index in [0.717, 1.165) is 4.48 Å². The third-order valence-electron chi connectivity index (χ3n) is 1.06. The van der Waals surface area contributed by atoms with Gasteiger partial charge in [0.1, 0.15) is 12.0 Å². The second-order valence-corrected chi connectivity index (χ2v) is 3.43. The Morgan fingerprint density at radius 1 is 1.50 bits per heavy atom. The average molecular weight is 231 g/mol. The number of hydrogen-bond acceptors (Lipinski definition) is 2. The molecular weight excluding hydrogens is 220 g/mol. The highest BCUT2D eigenvalue weighted by molar-refractivity contribution is 9.11. The van der Waals surface area contributed by atoms with Crippen molar-refractivity contribution in [2.45, 2.75) is 6.92 Å². The second kappa shape index (κ2) is 5.77. The number of ether oxygens (including phenoxy) is 1. The molecule has 0 aliphatic rings. The van der Waals surface area contributed by atoms with Gasteiger partial charge in [-0.2, -0.15) is 0 Å². The zero-order valence-electron chi connectivity index (χ0n) is 7.13. The molecule has 3 heteroatoms. The van der Waals surface area contributed by atoms with Crippen LogP contribution >= 0.6 is 15.9 Å². The molecular formula is C9H11BrO2. The molecule has 0 spiro atoms. The van der Waals surface area contributed by atoms with E-state index in [0.29, 0.717) is 17.6 Å². The van der Waals surface area contributed by atoms with Crippen molar-refractivity contribution in [1.82, 2.24) is 0 Å². The van der Waals surface area contributed by atoms with Crippen LogP contribution in [0.5, 0.6) is 0 Å². The lowest BCUT2D eigenvalue weighted by molar-refractivity contribution is -0.104. The first kappa shape index (κ1) is 11.2. The molecule has 0 unspecified atom stereocenters. The van der Waals surface area contributed by atoms with Gasteiger partial charge in [-0.05, 0) is 23.6 Å². The summed E-state index contributed by atoms with van der Waals surface area (Å²) in [4.78, 5) is 10.2. The normalized spacial score (nSPS) is 12.6. The third kappa shape index (κ3) is 4.91. The first-order valence-electron chi connectivity index (χ1n) is 3.33. The molecule has 0 amide bonds. The minimum absolute atomic E-state index is 0.386. The van der Waals surface area contributed by atoms with Crippen LogP contribution in [-0.2, 0) is 9.53 Å². The lowest BCUT2D eigenvalue weighted by Crippen LogP contribution is -1.85. The molecule has 0 aromatic carbocycles. The molecule has 0 fully saturated rings. The fraction of sp³-hybridized carbons (Fsp3) is 0.222. The SMILES string of the molecule is C=C(C=O)/C=C(\C=C(/C)Br)OC. The van der Waals surface area contributed by atoms with Crippen molar-refractivity contribution in [3.8, 4) is 0 Å². The van der Waals surface area contributed by atoms with Crippen molar-refractivity contribution in [1.29, 1.82) is 0 Å². The van der Waals surface area contributed by atoms with Crippen LogP contribution in [-0.4, -0.2) is 13.4 Å². The lowest BCUT2D eigenvalue weighted by atomic mass is 10.3. The van der Waals surface area contributed by atoms with Gasteiger partial charge in [-0.25, -0.2) is 0 Å². The minimum Gasteiger partial charge on any atom is -0.497 e. The molecule has 0 aliphatic heterocycles. The van der Waals surface area contributed by atoms with Crippen LogP contribution in [0.2, 0.25) is 0 Å². The first-order valence-corrected chi connectivity index (χ1v) is 4.13. The Balaban J connectivity index is 4.54. The Morgan fingerprint density at radius 3 is 2.42 bits per heavy atom. The molecule has 0 atom stereocenters. The third-order valence-corrected chi connectivity index (χ3v) is 1.28. The van der Waals surface area contributed by atoms with Crippen molar-refractivity contribution in [2.75, 3.05) is 7.11 Å². The van der Waals surface area contributed by atoms with E-state index in [9.17, 15) is 4.79 Å². The van der Waals surface area contributed by atoms with E-state index in [1.165, 1.54) is 7.11 Å². The summed E-state index contributed by atoms with van der Waals surface area (Å²) in [5.41, 5.74) is 0.386. The van der Waals surface area contributed by atoms with Crippen molar-refractivity contribution >= 4 is 22.2 Å². The summed E-state index contributed by atoms with van der Waals surface area (Å²) in [5, 5.41) is 0. The molecule has 0 radical (unpaired) electrons. The summed E-state index contributed by atoms with van der Waals surface area (Å²) in [6.45, 7) is 5.37. The van der Waals surface area contributed by atoms with E-state index in [1.807, 2.05) is 6.92 Å². The number of hydrogen-bond donors (Lipinski definition) is 0. The van der Waals surface area contributed by atoms with Crippen LogP contribution in [0.3, 0.4) is 0 Å². The molecule has 2 nitrogen and oxygen atoms in total. The smallest absolute Gasteiger partial charge is 0.149 e. The summed E-state index contributed by atoms with van der Waals surface area (Å²) in [6.07, 6.45) is 4.00. The molecule has 0 saturated heterocycles. The maximum Gasteiger partial charge on any atom is 0.149 e. The number of methoxy groups -OCH3 is 1. The molecule has 66 valence electrons. The molecule has 0 saturated carbocycles. The predicted molar refractivity (Wildman–Crippen MR) is 53.0 cm³/mol. The highest BCUT2D eigenvalue weighted by Gasteiger charge is 1.92. The Morgan fingerprint density at radius 2 is 2.08 bits per heavy atom. The summed E-state index contributed by atoms with van der Waals surface area (Å²) in [5.74, 6) is 0.599.